The van der Waals surface area contributed by atoms with E-state index in [0.29, 0.717) is 21.9 Å². The summed E-state index contributed by atoms with van der Waals surface area (Å²) >= 11 is 0. The highest BCUT2D eigenvalue weighted by Crippen LogP contribution is 2.22. The van der Waals surface area contributed by atoms with Gasteiger partial charge in [0.2, 0.25) is 10.0 Å². The van der Waals surface area contributed by atoms with Gasteiger partial charge in [-0.05, 0) is 23.6 Å². The number of nitrogens with zero attached hydrogens (tertiary/aromatic N) is 1. The molecule has 108 valence electrons. The van der Waals surface area contributed by atoms with Crippen molar-refractivity contribution < 1.29 is 17.2 Å². The van der Waals surface area contributed by atoms with Crippen LogP contribution in [-0.2, 0) is 23.0 Å². The van der Waals surface area contributed by atoms with E-state index in [1.54, 1.807) is 12.1 Å². The first-order valence-electron chi connectivity index (χ1n) is 5.89. The Morgan fingerprint density at radius 2 is 2.00 bits per heavy atom. The Morgan fingerprint density at radius 3 is 2.47 bits per heavy atom. The molecule has 0 saturated carbocycles. The highest BCUT2D eigenvalue weighted by molar-refractivity contribution is 7.89. The predicted octanol–water partition coefficient (Wildman–Crippen LogP) is 1.59. The molecule has 0 saturated heterocycles. The monoisotopic (exact) mass is 292 g/mol. The normalized spacial score (nSPS) is 12.4. The van der Waals surface area contributed by atoms with Crippen LogP contribution in [0.15, 0.2) is 23.1 Å². The van der Waals surface area contributed by atoms with E-state index >= 15 is 0 Å². The van der Waals surface area contributed by atoms with Crippen molar-refractivity contribution in [2.24, 2.45) is 5.73 Å². The Kier molecular flexibility index (Phi) is 5.39. The van der Waals surface area contributed by atoms with Gasteiger partial charge in [-0.25, -0.2) is 17.2 Å². The van der Waals surface area contributed by atoms with Crippen molar-refractivity contribution in [3.63, 3.8) is 0 Å². The number of alkyl halides is 2. The average Bonchev–Trinajstić information content (AvgIpc) is 2.37. The molecule has 0 aliphatic carbocycles. The predicted molar refractivity (Wildman–Crippen MR) is 69.5 cm³/mol. The van der Waals surface area contributed by atoms with Crippen molar-refractivity contribution >= 4 is 10.0 Å². The maximum Gasteiger partial charge on any atom is 0.252 e. The molecule has 0 aliphatic rings. The lowest BCUT2D eigenvalue weighted by Crippen LogP contribution is -2.32. The number of sulfonamides is 1. The zero-order valence-electron chi connectivity index (χ0n) is 10.9. The van der Waals surface area contributed by atoms with Gasteiger partial charge in [0.05, 0.1) is 11.4 Å². The van der Waals surface area contributed by atoms with Crippen LogP contribution in [0.2, 0.25) is 0 Å². The van der Waals surface area contributed by atoms with Crippen LogP contribution < -0.4 is 5.73 Å². The minimum atomic E-state index is -3.91. The maximum absolute atomic E-state index is 12.3. The molecular weight excluding hydrogens is 274 g/mol. The molecule has 1 rings (SSSR count). The van der Waals surface area contributed by atoms with Crippen molar-refractivity contribution in [2.45, 2.75) is 31.2 Å². The fourth-order valence-electron chi connectivity index (χ4n) is 1.72. The van der Waals surface area contributed by atoms with Crippen molar-refractivity contribution in [1.82, 2.24) is 4.31 Å². The van der Waals surface area contributed by atoms with E-state index in [4.69, 9.17) is 5.73 Å². The van der Waals surface area contributed by atoms with Gasteiger partial charge in [0.15, 0.2) is 0 Å². The Bertz CT molecular complexity index is 533. The molecule has 0 radical (unpaired) electrons. The van der Waals surface area contributed by atoms with Crippen molar-refractivity contribution in [2.75, 3.05) is 13.6 Å². The molecule has 2 N–H and O–H groups in total. The largest absolute Gasteiger partial charge is 0.326 e. The number of aryl methyl sites for hydroxylation is 1. The number of hydrogen-bond donors (Lipinski definition) is 1. The number of nitrogens with two attached hydrogens (primary N) is 1. The molecule has 0 unspecified atom stereocenters. The van der Waals surface area contributed by atoms with Gasteiger partial charge in [-0.3, -0.25) is 0 Å². The van der Waals surface area contributed by atoms with Crippen LogP contribution in [0.1, 0.15) is 18.1 Å². The van der Waals surface area contributed by atoms with E-state index in [1.807, 2.05) is 6.92 Å². The topological polar surface area (TPSA) is 63.4 Å². The lowest BCUT2D eigenvalue weighted by atomic mass is 10.1. The summed E-state index contributed by atoms with van der Waals surface area (Å²) in [6, 6.07) is 4.87. The van der Waals surface area contributed by atoms with Gasteiger partial charge in [-0.15, -0.1) is 0 Å². The summed E-state index contributed by atoms with van der Waals surface area (Å²) in [4.78, 5) is 0.0566. The third-order valence-electron chi connectivity index (χ3n) is 2.83. The van der Waals surface area contributed by atoms with E-state index in [9.17, 15) is 17.2 Å². The molecule has 19 heavy (non-hydrogen) atoms. The van der Waals surface area contributed by atoms with Gasteiger partial charge in [-0.1, -0.05) is 19.1 Å². The maximum atomic E-state index is 12.3. The number of hydrogen-bond acceptors (Lipinski definition) is 3. The molecule has 1 aromatic rings. The Morgan fingerprint density at radius 1 is 1.37 bits per heavy atom. The first-order chi connectivity index (χ1) is 8.82. The van der Waals surface area contributed by atoms with Crippen molar-refractivity contribution in [3.8, 4) is 0 Å². The summed E-state index contributed by atoms with van der Waals surface area (Å²) in [5.41, 5.74) is 6.73. The van der Waals surface area contributed by atoms with Crippen molar-refractivity contribution in [3.05, 3.63) is 29.3 Å². The molecule has 1 aromatic carbocycles. The Labute approximate surface area is 112 Å². The number of rotatable bonds is 6. The standard InChI is InChI=1S/C12H18F2N2O2S/c1-3-10-5-4-9(7-15)6-11(10)19(17,18)16(2)8-12(13)14/h4-6,12H,3,7-8,15H2,1-2H3. The summed E-state index contributed by atoms with van der Waals surface area (Å²) in [6.07, 6.45) is -2.20. The van der Waals surface area contributed by atoms with E-state index in [1.165, 1.54) is 6.07 Å². The van der Waals surface area contributed by atoms with E-state index in [-0.39, 0.29) is 11.4 Å². The number of benzene rings is 1. The number of halogens is 2. The quantitative estimate of drug-likeness (QED) is 0.866. The fraction of sp³-hybridized carbons (Fsp3) is 0.500. The molecule has 0 aromatic heterocycles. The van der Waals surface area contributed by atoms with Gasteiger partial charge in [0, 0.05) is 13.6 Å². The molecule has 0 atom stereocenters. The summed E-state index contributed by atoms with van der Waals surface area (Å²) in [5, 5.41) is 0. The zero-order valence-corrected chi connectivity index (χ0v) is 11.8. The van der Waals surface area contributed by atoms with E-state index in [0.717, 1.165) is 7.05 Å². The van der Waals surface area contributed by atoms with Crippen LogP contribution in [0, 0.1) is 0 Å². The first-order valence-corrected chi connectivity index (χ1v) is 7.33. The molecule has 0 heterocycles. The lowest BCUT2D eigenvalue weighted by molar-refractivity contribution is 0.126. The second-order valence-electron chi connectivity index (χ2n) is 4.18. The average molecular weight is 292 g/mol. The molecule has 0 fully saturated rings. The molecule has 0 spiro atoms. The minimum Gasteiger partial charge on any atom is -0.326 e. The summed E-state index contributed by atoms with van der Waals surface area (Å²) < 4.78 is 49.9. The van der Waals surface area contributed by atoms with Crippen LogP contribution >= 0.6 is 0 Å². The third kappa shape index (κ3) is 3.71. The van der Waals surface area contributed by atoms with Gasteiger partial charge < -0.3 is 5.73 Å². The smallest absolute Gasteiger partial charge is 0.252 e. The second kappa shape index (κ2) is 6.40. The highest BCUT2D eigenvalue weighted by atomic mass is 32.2. The fourth-order valence-corrected chi connectivity index (χ4v) is 3.21. The molecule has 0 amide bonds. The van der Waals surface area contributed by atoms with Crippen molar-refractivity contribution in [1.29, 1.82) is 0 Å². The van der Waals surface area contributed by atoms with Gasteiger partial charge in [0.1, 0.15) is 0 Å². The molecule has 0 aliphatic heterocycles. The first kappa shape index (κ1) is 16.0. The van der Waals surface area contributed by atoms with Gasteiger partial charge >= 0.3 is 0 Å². The highest BCUT2D eigenvalue weighted by Gasteiger charge is 2.25. The van der Waals surface area contributed by atoms with Gasteiger partial charge in [-0.2, -0.15) is 4.31 Å². The molecule has 4 nitrogen and oxygen atoms in total. The zero-order chi connectivity index (χ0) is 14.6. The van der Waals surface area contributed by atoms with Crippen LogP contribution in [-0.4, -0.2) is 32.7 Å². The van der Waals surface area contributed by atoms with Crippen LogP contribution in [0.25, 0.3) is 0 Å². The van der Waals surface area contributed by atoms with Gasteiger partial charge in [0.25, 0.3) is 6.43 Å². The van der Waals surface area contributed by atoms with Crippen LogP contribution in [0.3, 0.4) is 0 Å². The lowest BCUT2D eigenvalue weighted by Gasteiger charge is -2.19. The summed E-state index contributed by atoms with van der Waals surface area (Å²) in [6.45, 7) is 1.19. The SMILES string of the molecule is CCc1ccc(CN)cc1S(=O)(=O)N(C)CC(F)F. The second-order valence-corrected chi connectivity index (χ2v) is 6.19. The Hall–Kier alpha value is -1.05. The van der Waals surface area contributed by atoms with E-state index in [2.05, 4.69) is 0 Å². The third-order valence-corrected chi connectivity index (χ3v) is 4.74. The van der Waals surface area contributed by atoms with E-state index < -0.39 is 23.0 Å². The minimum absolute atomic E-state index is 0.0566. The molecular formula is C12H18F2N2O2S. The summed E-state index contributed by atoms with van der Waals surface area (Å²) in [7, 11) is -2.76. The van der Waals surface area contributed by atoms with Crippen LogP contribution in [0.5, 0.6) is 0 Å². The Balaban J connectivity index is 3.26. The molecule has 0 bridgehead atoms. The van der Waals surface area contributed by atoms with Crippen LogP contribution in [0.4, 0.5) is 8.78 Å². The summed E-state index contributed by atoms with van der Waals surface area (Å²) in [5.74, 6) is 0. The molecule has 7 heteroatoms.